The first-order valence-corrected chi connectivity index (χ1v) is 7.32. The van der Waals surface area contributed by atoms with Crippen molar-refractivity contribution in [1.82, 2.24) is 5.32 Å². The highest BCUT2D eigenvalue weighted by molar-refractivity contribution is 5.44. The van der Waals surface area contributed by atoms with Crippen molar-refractivity contribution in [2.45, 2.75) is 39.0 Å². The summed E-state index contributed by atoms with van der Waals surface area (Å²) >= 11 is 0. The Morgan fingerprint density at radius 1 is 1.37 bits per heavy atom. The smallest absolute Gasteiger partial charge is 0.122 e. The third-order valence-electron chi connectivity index (χ3n) is 4.69. The van der Waals surface area contributed by atoms with Gasteiger partial charge >= 0.3 is 0 Å². The van der Waals surface area contributed by atoms with E-state index in [0.29, 0.717) is 0 Å². The maximum absolute atomic E-state index is 5.60. The molecule has 0 aromatic heterocycles. The third kappa shape index (κ3) is 2.64. The van der Waals surface area contributed by atoms with Crippen LogP contribution in [0.25, 0.3) is 0 Å². The van der Waals surface area contributed by atoms with Gasteiger partial charge in [-0.1, -0.05) is 31.5 Å². The minimum Gasteiger partial charge on any atom is -0.496 e. The fraction of sp³-hybridized carbons (Fsp3) is 0.647. The highest BCUT2D eigenvalue weighted by Gasteiger charge is 2.47. The maximum atomic E-state index is 5.60. The fourth-order valence-electron chi connectivity index (χ4n) is 3.45. The monoisotopic (exact) mass is 261 g/mol. The summed E-state index contributed by atoms with van der Waals surface area (Å²) in [4.78, 5) is 0. The Bertz CT molecular complexity index is 433. The van der Waals surface area contributed by atoms with Crippen LogP contribution in [0.1, 0.15) is 37.8 Å². The van der Waals surface area contributed by atoms with E-state index in [1.807, 2.05) is 7.05 Å². The van der Waals surface area contributed by atoms with Gasteiger partial charge in [0.05, 0.1) is 7.11 Å². The van der Waals surface area contributed by atoms with Crippen LogP contribution in [0.4, 0.5) is 0 Å². The van der Waals surface area contributed by atoms with Gasteiger partial charge in [-0.3, -0.25) is 0 Å². The van der Waals surface area contributed by atoms with Gasteiger partial charge in [0.1, 0.15) is 5.75 Å². The summed E-state index contributed by atoms with van der Waals surface area (Å²) in [6, 6.07) is 6.56. The molecule has 19 heavy (non-hydrogen) atoms. The number of benzene rings is 1. The molecular formula is C17H27NO. The van der Waals surface area contributed by atoms with E-state index in [9.17, 15) is 0 Å². The number of ether oxygens (including phenoxy) is 1. The average molecular weight is 261 g/mol. The molecule has 0 unspecified atom stereocenters. The van der Waals surface area contributed by atoms with Gasteiger partial charge in [0.15, 0.2) is 0 Å². The van der Waals surface area contributed by atoms with Crippen molar-refractivity contribution >= 4 is 0 Å². The van der Waals surface area contributed by atoms with E-state index >= 15 is 0 Å². The van der Waals surface area contributed by atoms with Crippen LogP contribution >= 0.6 is 0 Å². The Morgan fingerprint density at radius 2 is 2.05 bits per heavy atom. The third-order valence-corrected chi connectivity index (χ3v) is 4.69. The van der Waals surface area contributed by atoms with Crippen molar-refractivity contribution in [3.05, 3.63) is 29.3 Å². The largest absolute Gasteiger partial charge is 0.496 e. The van der Waals surface area contributed by atoms with Crippen LogP contribution in [-0.4, -0.2) is 20.7 Å². The SMILES string of the molecule is CNCC1(c2cc(C)ccc2OC)CC(C(C)C)C1. The molecule has 1 fully saturated rings. The van der Waals surface area contributed by atoms with Crippen molar-refractivity contribution in [3.63, 3.8) is 0 Å². The molecule has 1 N–H and O–H groups in total. The quantitative estimate of drug-likeness (QED) is 0.875. The van der Waals surface area contributed by atoms with E-state index in [2.05, 4.69) is 44.3 Å². The van der Waals surface area contributed by atoms with Gasteiger partial charge in [-0.25, -0.2) is 0 Å². The van der Waals surface area contributed by atoms with Gasteiger partial charge in [0.2, 0.25) is 0 Å². The molecule has 2 nitrogen and oxygen atoms in total. The Balaban J connectivity index is 2.33. The van der Waals surface area contributed by atoms with Crippen LogP contribution in [0.15, 0.2) is 18.2 Å². The molecule has 0 bridgehead atoms. The van der Waals surface area contributed by atoms with Crippen LogP contribution in [-0.2, 0) is 5.41 Å². The Morgan fingerprint density at radius 3 is 2.58 bits per heavy atom. The van der Waals surface area contributed by atoms with Crippen molar-refractivity contribution in [3.8, 4) is 5.75 Å². The molecule has 1 aliphatic carbocycles. The molecule has 0 aliphatic heterocycles. The Kier molecular flexibility index (Phi) is 4.19. The van der Waals surface area contributed by atoms with E-state index < -0.39 is 0 Å². The summed E-state index contributed by atoms with van der Waals surface area (Å²) in [6.07, 6.45) is 2.54. The first-order valence-electron chi connectivity index (χ1n) is 7.32. The van der Waals surface area contributed by atoms with E-state index in [-0.39, 0.29) is 5.41 Å². The summed E-state index contributed by atoms with van der Waals surface area (Å²) in [5, 5.41) is 3.38. The van der Waals surface area contributed by atoms with E-state index in [1.165, 1.54) is 24.0 Å². The molecule has 1 aromatic carbocycles. The molecule has 1 aromatic rings. The van der Waals surface area contributed by atoms with Gasteiger partial charge in [0, 0.05) is 17.5 Å². The molecule has 2 rings (SSSR count). The van der Waals surface area contributed by atoms with Crippen molar-refractivity contribution in [2.24, 2.45) is 11.8 Å². The second-order valence-electron chi connectivity index (χ2n) is 6.43. The molecule has 106 valence electrons. The summed E-state index contributed by atoms with van der Waals surface area (Å²) in [7, 11) is 3.83. The molecule has 0 spiro atoms. The number of likely N-dealkylation sites (N-methyl/N-ethyl adjacent to an activating group) is 1. The highest BCUT2D eigenvalue weighted by atomic mass is 16.5. The second kappa shape index (κ2) is 5.54. The van der Waals surface area contributed by atoms with Gasteiger partial charge in [-0.2, -0.15) is 0 Å². The first-order chi connectivity index (χ1) is 9.02. The van der Waals surface area contributed by atoms with Crippen LogP contribution < -0.4 is 10.1 Å². The van der Waals surface area contributed by atoms with Crippen molar-refractivity contribution in [2.75, 3.05) is 20.7 Å². The van der Waals surface area contributed by atoms with Crippen LogP contribution in [0.3, 0.4) is 0 Å². The molecule has 1 saturated carbocycles. The molecular weight excluding hydrogens is 234 g/mol. The zero-order valence-corrected chi connectivity index (χ0v) is 12.9. The lowest BCUT2D eigenvalue weighted by molar-refractivity contribution is 0.0970. The maximum Gasteiger partial charge on any atom is 0.122 e. The topological polar surface area (TPSA) is 21.3 Å². The van der Waals surface area contributed by atoms with Crippen molar-refractivity contribution in [1.29, 1.82) is 0 Å². The Hall–Kier alpha value is -1.02. The molecule has 2 heteroatoms. The normalized spacial score (nSPS) is 26.3. The number of hydrogen-bond donors (Lipinski definition) is 1. The molecule has 0 atom stereocenters. The standard InChI is InChI=1S/C17H27NO/c1-12(2)14-9-17(10-14,11-18-4)15-8-13(3)6-7-16(15)19-5/h6-8,12,14,18H,9-11H2,1-5H3. The lowest BCUT2D eigenvalue weighted by atomic mass is 9.55. The first kappa shape index (κ1) is 14.4. The number of methoxy groups -OCH3 is 1. The fourth-order valence-corrected chi connectivity index (χ4v) is 3.45. The van der Waals surface area contributed by atoms with Gasteiger partial charge in [-0.15, -0.1) is 0 Å². The summed E-state index contributed by atoms with van der Waals surface area (Å²) < 4.78 is 5.60. The molecule has 1 aliphatic rings. The van der Waals surface area contributed by atoms with Crippen LogP contribution in [0.2, 0.25) is 0 Å². The molecule has 0 amide bonds. The highest BCUT2D eigenvalue weighted by Crippen LogP contribution is 2.52. The molecule has 0 radical (unpaired) electrons. The van der Waals surface area contributed by atoms with E-state index in [4.69, 9.17) is 4.74 Å². The molecule has 0 heterocycles. The summed E-state index contributed by atoms with van der Waals surface area (Å²) in [5.41, 5.74) is 2.97. The zero-order chi connectivity index (χ0) is 14.0. The predicted molar refractivity (Wildman–Crippen MR) is 80.9 cm³/mol. The molecule has 0 saturated heterocycles. The predicted octanol–water partition coefficient (Wildman–Crippen LogP) is 3.53. The van der Waals surface area contributed by atoms with Crippen LogP contribution in [0.5, 0.6) is 5.75 Å². The van der Waals surface area contributed by atoms with Gasteiger partial charge in [0.25, 0.3) is 0 Å². The average Bonchev–Trinajstić information content (AvgIpc) is 2.32. The minimum atomic E-state index is 0.265. The van der Waals surface area contributed by atoms with Gasteiger partial charge < -0.3 is 10.1 Å². The summed E-state index contributed by atoms with van der Waals surface area (Å²) in [6.45, 7) is 7.87. The second-order valence-corrected chi connectivity index (χ2v) is 6.43. The zero-order valence-electron chi connectivity index (χ0n) is 12.9. The summed E-state index contributed by atoms with van der Waals surface area (Å²) in [5.74, 6) is 2.67. The minimum absolute atomic E-state index is 0.265. The lowest BCUT2D eigenvalue weighted by Crippen LogP contribution is -2.49. The van der Waals surface area contributed by atoms with Crippen molar-refractivity contribution < 1.29 is 4.74 Å². The lowest BCUT2D eigenvalue weighted by Gasteiger charge is -2.50. The van der Waals surface area contributed by atoms with E-state index in [1.54, 1.807) is 7.11 Å². The Labute approximate surface area is 117 Å². The number of aryl methyl sites for hydroxylation is 1. The number of nitrogens with one attached hydrogen (secondary N) is 1. The number of hydrogen-bond acceptors (Lipinski definition) is 2. The van der Waals surface area contributed by atoms with Gasteiger partial charge in [-0.05, 0) is 44.7 Å². The van der Waals surface area contributed by atoms with E-state index in [0.717, 1.165) is 24.1 Å². The number of rotatable bonds is 5. The van der Waals surface area contributed by atoms with Crippen LogP contribution in [0, 0.1) is 18.8 Å².